The van der Waals surface area contributed by atoms with Gasteiger partial charge in [0.1, 0.15) is 0 Å². The zero-order chi connectivity index (χ0) is 13.0. The molecule has 2 atom stereocenters. The first kappa shape index (κ1) is 13.6. The van der Waals surface area contributed by atoms with Crippen LogP contribution in [0, 0.1) is 0 Å². The van der Waals surface area contributed by atoms with Gasteiger partial charge in [0, 0.05) is 18.6 Å². The van der Waals surface area contributed by atoms with Crippen LogP contribution in [0.25, 0.3) is 0 Å². The first-order valence-electron chi connectivity index (χ1n) is 7.22. The number of nitrogens with two attached hydrogens (primary N) is 1. The molecule has 1 aromatic rings. The molecule has 2 rings (SSSR count). The molecule has 0 aromatic heterocycles. The van der Waals surface area contributed by atoms with Gasteiger partial charge in [-0.05, 0) is 43.9 Å². The Morgan fingerprint density at radius 3 is 2.44 bits per heavy atom. The summed E-state index contributed by atoms with van der Waals surface area (Å²) in [6.07, 6.45) is 6.06. The Bertz CT molecular complexity index is 358. The number of nitrogens with zero attached hydrogens (tertiary/aromatic N) is 1. The van der Waals surface area contributed by atoms with Crippen molar-refractivity contribution in [2.45, 2.75) is 57.7 Å². The average molecular weight is 246 g/mol. The van der Waals surface area contributed by atoms with Crippen LogP contribution in [0.1, 0.15) is 43.7 Å². The molecule has 0 amide bonds. The molecule has 18 heavy (non-hydrogen) atoms. The second-order valence-corrected chi connectivity index (χ2v) is 5.67. The maximum absolute atomic E-state index is 6.07. The Balaban J connectivity index is 1.91. The van der Waals surface area contributed by atoms with Crippen LogP contribution in [-0.4, -0.2) is 24.0 Å². The van der Waals surface area contributed by atoms with Gasteiger partial charge in [0.25, 0.3) is 0 Å². The molecule has 0 aliphatic heterocycles. The van der Waals surface area contributed by atoms with E-state index in [-0.39, 0.29) is 0 Å². The van der Waals surface area contributed by atoms with Crippen LogP contribution in [0.5, 0.6) is 0 Å². The molecule has 100 valence electrons. The molecule has 1 aliphatic carbocycles. The first-order chi connectivity index (χ1) is 8.69. The molecule has 2 unspecified atom stereocenters. The molecular formula is C16H26N2. The predicted octanol–water partition coefficient (Wildman–Crippen LogP) is 2.95. The highest BCUT2D eigenvalue weighted by Crippen LogP contribution is 2.22. The van der Waals surface area contributed by atoms with Crippen LogP contribution in [0.4, 0.5) is 0 Å². The van der Waals surface area contributed by atoms with Crippen molar-refractivity contribution in [1.82, 2.24) is 4.90 Å². The lowest BCUT2D eigenvalue weighted by atomic mass is 9.90. The maximum Gasteiger partial charge on any atom is 0.0233 e. The monoisotopic (exact) mass is 246 g/mol. The molecule has 2 N–H and O–H groups in total. The summed E-state index contributed by atoms with van der Waals surface area (Å²) in [5.41, 5.74) is 8.90. The van der Waals surface area contributed by atoms with Crippen LogP contribution >= 0.6 is 0 Å². The molecule has 1 aliphatic rings. The van der Waals surface area contributed by atoms with Gasteiger partial charge in [-0.3, -0.25) is 4.90 Å². The first-order valence-corrected chi connectivity index (χ1v) is 7.22. The lowest BCUT2D eigenvalue weighted by molar-refractivity contribution is 0.173. The highest BCUT2D eigenvalue weighted by molar-refractivity contribution is 5.22. The second kappa shape index (κ2) is 6.35. The number of hydrogen-bond donors (Lipinski definition) is 1. The summed E-state index contributed by atoms with van der Waals surface area (Å²) in [6, 6.07) is 10.1. The zero-order valence-corrected chi connectivity index (χ0v) is 11.7. The van der Waals surface area contributed by atoms with Gasteiger partial charge in [0.05, 0.1) is 0 Å². The third-order valence-corrected chi connectivity index (χ3v) is 4.17. The van der Waals surface area contributed by atoms with E-state index in [0.717, 1.165) is 19.4 Å². The van der Waals surface area contributed by atoms with Gasteiger partial charge in [0.15, 0.2) is 0 Å². The molecular weight excluding hydrogens is 220 g/mol. The van der Waals surface area contributed by atoms with Crippen molar-refractivity contribution in [1.29, 1.82) is 0 Å². The summed E-state index contributed by atoms with van der Waals surface area (Å²) in [6.45, 7) is 3.24. The lowest BCUT2D eigenvalue weighted by Gasteiger charge is -2.34. The van der Waals surface area contributed by atoms with E-state index in [1.165, 1.54) is 30.4 Å². The molecule has 0 spiro atoms. The third-order valence-electron chi connectivity index (χ3n) is 4.17. The van der Waals surface area contributed by atoms with Crippen molar-refractivity contribution in [2.75, 3.05) is 7.05 Å². The van der Waals surface area contributed by atoms with Gasteiger partial charge in [-0.15, -0.1) is 0 Å². The van der Waals surface area contributed by atoms with Crippen molar-refractivity contribution in [3.8, 4) is 0 Å². The molecule has 1 fully saturated rings. The van der Waals surface area contributed by atoms with E-state index in [0.29, 0.717) is 12.1 Å². The van der Waals surface area contributed by atoms with E-state index in [1.807, 2.05) is 0 Å². The van der Waals surface area contributed by atoms with Gasteiger partial charge in [0.2, 0.25) is 0 Å². The molecule has 0 radical (unpaired) electrons. The number of hydrogen-bond acceptors (Lipinski definition) is 2. The van der Waals surface area contributed by atoms with Gasteiger partial charge < -0.3 is 5.73 Å². The summed E-state index contributed by atoms with van der Waals surface area (Å²) in [5, 5.41) is 0. The molecule has 0 heterocycles. The fourth-order valence-electron chi connectivity index (χ4n) is 2.90. The van der Waals surface area contributed by atoms with Gasteiger partial charge >= 0.3 is 0 Å². The van der Waals surface area contributed by atoms with Crippen LogP contribution in [-0.2, 0) is 13.0 Å². The minimum absolute atomic E-state index is 0.411. The molecule has 1 aromatic carbocycles. The standard InChI is InChI=1S/C16H26N2/c1-3-13-7-9-14(10-8-13)12-18(2)16-6-4-5-15(17)11-16/h7-10,15-16H,3-6,11-12,17H2,1-2H3. The van der Waals surface area contributed by atoms with Crippen LogP contribution in [0.15, 0.2) is 24.3 Å². The third kappa shape index (κ3) is 3.56. The predicted molar refractivity (Wildman–Crippen MR) is 77.5 cm³/mol. The summed E-state index contributed by atoms with van der Waals surface area (Å²) in [4.78, 5) is 2.47. The Hall–Kier alpha value is -0.860. The van der Waals surface area contributed by atoms with E-state index in [9.17, 15) is 0 Å². The smallest absolute Gasteiger partial charge is 0.0233 e. The minimum atomic E-state index is 0.411. The minimum Gasteiger partial charge on any atom is -0.328 e. The highest BCUT2D eigenvalue weighted by atomic mass is 15.1. The Kier molecular flexibility index (Phi) is 4.79. The lowest BCUT2D eigenvalue weighted by Crippen LogP contribution is -2.40. The average Bonchev–Trinajstić information content (AvgIpc) is 2.39. The summed E-state index contributed by atoms with van der Waals surface area (Å²) < 4.78 is 0. The van der Waals surface area contributed by atoms with Crippen molar-refractivity contribution >= 4 is 0 Å². The summed E-state index contributed by atoms with van der Waals surface area (Å²) >= 11 is 0. The summed E-state index contributed by atoms with van der Waals surface area (Å²) in [7, 11) is 2.23. The van der Waals surface area contributed by atoms with E-state index >= 15 is 0 Å². The second-order valence-electron chi connectivity index (χ2n) is 5.67. The number of rotatable bonds is 4. The summed E-state index contributed by atoms with van der Waals surface area (Å²) in [5.74, 6) is 0. The van der Waals surface area contributed by atoms with Gasteiger partial charge in [-0.25, -0.2) is 0 Å². The highest BCUT2D eigenvalue weighted by Gasteiger charge is 2.22. The SMILES string of the molecule is CCc1ccc(CN(C)C2CCCC(N)C2)cc1. The Morgan fingerprint density at radius 2 is 1.83 bits per heavy atom. The van der Waals surface area contributed by atoms with Crippen LogP contribution in [0.3, 0.4) is 0 Å². The maximum atomic E-state index is 6.07. The topological polar surface area (TPSA) is 29.3 Å². The van der Waals surface area contributed by atoms with Crippen molar-refractivity contribution in [3.05, 3.63) is 35.4 Å². The number of benzene rings is 1. The Morgan fingerprint density at radius 1 is 1.17 bits per heavy atom. The molecule has 0 bridgehead atoms. The van der Waals surface area contributed by atoms with E-state index in [1.54, 1.807) is 0 Å². The van der Waals surface area contributed by atoms with Crippen molar-refractivity contribution in [2.24, 2.45) is 5.73 Å². The quantitative estimate of drug-likeness (QED) is 0.885. The van der Waals surface area contributed by atoms with Crippen molar-refractivity contribution < 1.29 is 0 Å². The van der Waals surface area contributed by atoms with E-state index in [4.69, 9.17) is 5.73 Å². The largest absolute Gasteiger partial charge is 0.328 e. The fraction of sp³-hybridized carbons (Fsp3) is 0.625. The van der Waals surface area contributed by atoms with E-state index < -0.39 is 0 Å². The molecule has 1 saturated carbocycles. The molecule has 2 heteroatoms. The number of aryl methyl sites for hydroxylation is 1. The van der Waals surface area contributed by atoms with Crippen LogP contribution in [0.2, 0.25) is 0 Å². The normalized spacial score (nSPS) is 24.4. The van der Waals surface area contributed by atoms with Gasteiger partial charge in [-0.1, -0.05) is 37.6 Å². The zero-order valence-electron chi connectivity index (χ0n) is 11.7. The van der Waals surface area contributed by atoms with Crippen molar-refractivity contribution in [3.63, 3.8) is 0 Å². The Labute approximate surface area is 111 Å². The van der Waals surface area contributed by atoms with E-state index in [2.05, 4.69) is 43.1 Å². The molecule has 0 saturated heterocycles. The van der Waals surface area contributed by atoms with Gasteiger partial charge in [-0.2, -0.15) is 0 Å². The molecule has 2 nitrogen and oxygen atoms in total. The fourth-order valence-corrected chi connectivity index (χ4v) is 2.90. The van der Waals surface area contributed by atoms with Crippen LogP contribution < -0.4 is 5.73 Å².